The highest BCUT2D eigenvalue weighted by molar-refractivity contribution is 5.88. The Hall–Kier alpha value is -3.66. The lowest BCUT2D eigenvalue weighted by atomic mass is 9.91. The number of fused-ring (bicyclic) bond motifs is 1. The van der Waals surface area contributed by atoms with Gasteiger partial charge in [-0.2, -0.15) is 5.26 Å². The molecule has 2 aromatic carbocycles. The third-order valence-electron chi connectivity index (χ3n) is 6.04. The highest BCUT2D eigenvalue weighted by atomic mass is 16.5. The molecule has 1 fully saturated rings. The third kappa shape index (κ3) is 5.06. The second kappa shape index (κ2) is 9.86. The van der Waals surface area contributed by atoms with Crippen LogP contribution in [0.25, 0.3) is 11.0 Å². The second-order valence-electron chi connectivity index (χ2n) is 8.90. The van der Waals surface area contributed by atoms with E-state index in [1.54, 1.807) is 7.11 Å². The number of nitrogens with zero attached hydrogens (tertiary/aromatic N) is 4. The molecule has 1 aliphatic rings. The third-order valence-corrected chi connectivity index (χ3v) is 6.04. The number of amides is 1. The van der Waals surface area contributed by atoms with E-state index in [1.807, 2.05) is 48.5 Å². The van der Waals surface area contributed by atoms with Crippen molar-refractivity contribution in [2.75, 3.05) is 25.1 Å². The zero-order chi connectivity index (χ0) is 23.4. The number of benzene rings is 2. The molecule has 3 atom stereocenters. The summed E-state index contributed by atoms with van der Waals surface area (Å²) in [5.74, 6) is 0.957. The first-order valence-electron chi connectivity index (χ1n) is 11.3. The van der Waals surface area contributed by atoms with Crippen molar-refractivity contribution < 1.29 is 9.53 Å². The molecule has 0 aliphatic carbocycles. The molecule has 4 rings (SSSR count). The number of carbonyl (C=O) groups excluding carboxylic acids is 1. The van der Waals surface area contributed by atoms with Crippen molar-refractivity contribution in [1.82, 2.24) is 15.3 Å². The van der Waals surface area contributed by atoms with Crippen molar-refractivity contribution in [2.24, 2.45) is 11.8 Å². The number of hydrogen-bond acceptors (Lipinski definition) is 6. The van der Waals surface area contributed by atoms with Gasteiger partial charge in [0.2, 0.25) is 5.91 Å². The van der Waals surface area contributed by atoms with Gasteiger partial charge >= 0.3 is 0 Å². The molecular formula is C26H29N5O2. The number of ether oxygens (including phenoxy) is 1. The van der Waals surface area contributed by atoms with Crippen molar-refractivity contribution in [3.63, 3.8) is 0 Å². The van der Waals surface area contributed by atoms with Crippen LogP contribution in [-0.2, 0) is 11.3 Å². The van der Waals surface area contributed by atoms with Crippen LogP contribution in [0.5, 0.6) is 5.75 Å². The van der Waals surface area contributed by atoms with E-state index < -0.39 is 5.92 Å². The first kappa shape index (κ1) is 22.5. The lowest BCUT2D eigenvalue weighted by Gasteiger charge is -2.36. The lowest BCUT2D eigenvalue weighted by molar-refractivity contribution is -0.121. The van der Waals surface area contributed by atoms with Crippen LogP contribution in [-0.4, -0.2) is 36.1 Å². The number of piperidine rings is 1. The Morgan fingerprint density at radius 1 is 1.12 bits per heavy atom. The number of aromatic nitrogens is 2. The predicted octanol–water partition coefficient (Wildman–Crippen LogP) is 4.04. The van der Waals surface area contributed by atoms with Gasteiger partial charge in [0.15, 0.2) is 11.7 Å². The van der Waals surface area contributed by atoms with Gasteiger partial charge in [-0.25, -0.2) is 9.97 Å². The maximum Gasteiger partial charge on any atom is 0.243 e. The number of nitriles is 1. The minimum absolute atomic E-state index is 0.315. The van der Waals surface area contributed by atoms with Gasteiger partial charge in [-0.05, 0) is 48.1 Å². The fourth-order valence-electron chi connectivity index (χ4n) is 4.55. The van der Waals surface area contributed by atoms with Crippen molar-refractivity contribution in [3.8, 4) is 11.8 Å². The minimum atomic E-state index is -1.05. The first-order chi connectivity index (χ1) is 16.0. The molecule has 0 saturated carbocycles. The number of rotatable bonds is 6. The van der Waals surface area contributed by atoms with Gasteiger partial charge in [0.25, 0.3) is 0 Å². The average molecular weight is 444 g/mol. The van der Waals surface area contributed by atoms with E-state index in [9.17, 15) is 10.1 Å². The van der Waals surface area contributed by atoms with Crippen molar-refractivity contribution in [3.05, 3.63) is 59.8 Å². The van der Waals surface area contributed by atoms with E-state index in [0.29, 0.717) is 35.4 Å². The number of carbonyl (C=O) groups is 1. The molecule has 0 bridgehead atoms. The van der Waals surface area contributed by atoms with E-state index in [2.05, 4.69) is 30.1 Å². The maximum absolute atomic E-state index is 13.1. The monoisotopic (exact) mass is 443 g/mol. The summed E-state index contributed by atoms with van der Waals surface area (Å²) in [4.78, 5) is 25.0. The Balaban J connectivity index is 1.64. The summed E-state index contributed by atoms with van der Waals surface area (Å²) in [6.07, 6.45) is 1.15. The van der Waals surface area contributed by atoms with Crippen LogP contribution in [0.15, 0.2) is 48.5 Å². The fraction of sp³-hybridized carbons (Fsp3) is 0.385. The van der Waals surface area contributed by atoms with Gasteiger partial charge in [-0.1, -0.05) is 38.1 Å². The van der Waals surface area contributed by atoms with Crippen LogP contribution in [0.2, 0.25) is 0 Å². The quantitative estimate of drug-likeness (QED) is 0.618. The second-order valence-corrected chi connectivity index (χ2v) is 8.90. The van der Waals surface area contributed by atoms with E-state index >= 15 is 0 Å². The van der Waals surface area contributed by atoms with Crippen molar-refractivity contribution >= 4 is 22.8 Å². The molecular weight excluding hydrogens is 414 g/mol. The number of methoxy groups -OCH3 is 1. The van der Waals surface area contributed by atoms with Crippen LogP contribution < -0.4 is 15.0 Å². The van der Waals surface area contributed by atoms with E-state index in [1.165, 1.54) is 0 Å². The van der Waals surface area contributed by atoms with Crippen LogP contribution in [0.4, 0.5) is 5.82 Å². The molecule has 170 valence electrons. The van der Waals surface area contributed by atoms with E-state index in [0.717, 1.165) is 36.3 Å². The molecule has 1 amide bonds. The van der Waals surface area contributed by atoms with E-state index in [-0.39, 0.29) is 5.91 Å². The zero-order valence-electron chi connectivity index (χ0n) is 19.3. The summed E-state index contributed by atoms with van der Waals surface area (Å²) < 4.78 is 5.18. The van der Waals surface area contributed by atoms with E-state index in [4.69, 9.17) is 14.7 Å². The molecule has 0 unspecified atom stereocenters. The Kier molecular flexibility index (Phi) is 6.74. The fourth-order valence-corrected chi connectivity index (χ4v) is 4.55. The van der Waals surface area contributed by atoms with Crippen molar-refractivity contribution in [2.45, 2.75) is 32.7 Å². The largest absolute Gasteiger partial charge is 0.497 e. The Morgan fingerprint density at radius 2 is 1.76 bits per heavy atom. The number of nitrogens with one attached hydrogen (secondary N) is 1. The van der Waals surface area contributed by atoms with Gasteiger partial charge in [-0.15, -0.1) is 0 Å². The lowest BCUT2D eigenvalue weighted by Crippen LogP contribution is -2.40. The van der Waals surface area contributed by atoms with Crippen molar-refractivity contribution in [1.29, 1.82) is 5.26 Å². The normalized spacial score (nSPS) is 19.0. The highest BCUT2D eigenvalue weighted by Crippen LogP contribution is 2.32. The van der Waals surface area contributed by atoms with Crippen LogP contribution in [0.3, 0.4) is 0 Å². The number of para-hydroxylation sites is 2. The topological polar surface area (TPSA) is 91.1 Å². The molecule has 0 radical (unpaired) electrons. The van der Waals surface area contributed by atoms with Crippen LogP contribution in [0.1, 0.15) is 37.4 Å². The SMILES string of the molecule is COc1ccc(CNC(=O)[C@H](C#N)c2nc3ccccc3nc2N2C[C@H](C)C[C@@H](C)C2)cc1. The number of hydrogen-bond donors (Lipinski definition) is 1. The van der Waals surface area contributed by atoms with Gasteiger partial charge in [0.1, 0.15) is 11.4 Å². The van der Waals surface area contributed by atoms with Gasteiger partial charge in [0.05, 0.1) is 24.2 Å². The van der Waals surface area contributed by atoms with Gasteiger partial charge < -0.3 is 15.0 Å². The van der Waals surface area contributed by atoms with Gasteiger partial charge in [-0.3, -0.25) is 4.79 Å². The molecule has 1 aliphatic heterocycles. The first-order valence-corrected chi connectivity index (χ1v) is 11.3. The molecule has 1 saturated heterocycles. The minimum Gasteiger partial charge on any atom is -0.497 e. The molecule has 0 spiro atoms. The molecule has 33 heavy (non-hydrogen) atoms. The maximum atomic E-state index is 13.1. The van der Waals surface area contributed by atoms with Gasteiger partial charge in [0, 0.05) is 19.6 Å². The van der Waals surface area contributed by atoms with Crippen LogP contribution in [0, 0.1) is 23.2 Å². The molecule has 2 heterocycles. The zero-order valence-corrected chi connectivity index (χ0v) is 19.3. The Bertz CT molecular complexity index is 1160. The smallest absolute Gasteiger partial charge is 0.243 e. The summed E-state index contributed by atoms with van der Waals surface area (Å²) >= 11 is 0. The Morgan fingerprint density at radius 3 is 2.36 bits per heavy atom. The molecule has 7 heteroatoms. The molecule has 7 nitrogen and oxygen atoms in total. The number of anilines is 1. The van der Waals surface area contributed by atoms with Crippen LogP contribution >= 0.6 is 0 Å². The standard InChI is InChI=1S/C26H29N5O2/c1-17-12-18(2)16-31(15-17)25-24(29-22-6-4-5-7-23(22)30-25)21(13-27)26(32)28-14-19-8-10-20(33-3)11-9-19/h4-11,17-18,21H,12,14-16H2,1-3H3,(H,28,32)/t17-,18-,21-/m1/s1. The summed E-state index contributed by atoms with van der Waals surface area (Å²) in [6, 6.07) is 17.2. The summed E-state index contributed by atoms with van der Waals surface area (Å²) in [6.45, 7) is 6.42. The summed E-state index contributed by atoms with van der Waals surface area (Å²) in [5.41, 5.74) is 2.78. The highest BCUT2D eigenvalue weighted by Gasteiger charge is 2.31. The Labute approximate surface area is 194 Å². The molecule has 1 aromatic heterocycles. The summed E-state index contributed by atoms with van der Waals surface area (Å²) in [7, 11) is 1.61. The average Bonchev–Trinajstić information content (AvgIpc) is 2.82. The summed E-state index contributed by atoms with van der Waals surface area (Å²) in [5, 5.41) is 12.9. The molecule has 3 aromatic rings. The molecule has 1 N–H and O–H groups in total. The predicted molar refractivity (Wildman–Crippen MR) is 128 cm³/mol.